The van der Waals surface area contributed by atoms with E-state index in [4.69, 9.17) is 11.6 Å². The first kappa shape index (κ1) is 19.5. The van der Waals surface area contributed by atoms with E-state index in [1.54, 1.807) is 12.1 Å². The van der Waals surface area contributed by atoms with Crippen molar-refractivity contribution in [2.45, 2.75) is 38.8 Å². The molecule has 0 bridgehead atoms. The summed E-state index contributed by atoms with van der Waals surface area (Å²) in [6.07, 6.45) is 0.666. The number of halogens is 1. The Morgan fingerprint density at radius 2 is 2.20 bits per heavy atom. The molecule has 0 saturated carbocycles. The maximum absolute atomic E-state index is 11.8. The Morgan fingerprint density at radius 1 is 1.44 bits per heavy atom. The molecule has 1 heterocycles. The van der Waals surface area contributed by atoms with Crippen LogP contribution in [0.1, 0.15) is 38.4 Å². The van der Waals surface area contributed by atoms with Crippen LogP contribution < -0.4 is 10.6 Å². The maximum Gasteiger partial charge on any atom is 0.222 e. The third kappa shape index (κ3) is 5.61. The summed E-state index contributed by atoms with van der Waals surface area (Å²) in [5.41, 5.74) is 0.671. The molecule has 1 aliphatic rings. The highest BCUT2D eigenvalue weighted by molar-refractivity contribution is 6.31. The van der Waals surface area contributed by atoms with E-state index in [-0.39, 0.29) is 18.5 Å². The zero-order chi connectivity index (χ0) is 18.2. The van der Waals surface area contributed by atoms with Crippen molar-refractivity contribution in [1.82, 2.24) is 15.5 Å². The molecule has 7 heteroatoms. The minimum Gasteiger partial charge on any atom is -0.386 e. The lowest BCUT2D eigenvalue weighted by atomic mass is 10.1. The van der Waals surface area contributed by atoms with Crippen LogP contribution in [0.3, 0.4) is 0 Å². The Labute approximate surface area is 154 Å². The lowest BCUT2D eigenvalue weighted by molar-refractivity contribution is -0.129. The number of guanidine groups is 1. The number of amides is 1. The van der Waals surface area contributed by atoms with Crippen LogP contribution >= 0.6 is 11.6 Å². The lowest BCUT2D eigenvalue weighted by Crippen LogP contribution is -2.45. The summed E-state index contributed by atoms with van der Waals surface area (Å²) < 4.78 is 0. The number of likely N-dealkylation sites (tertiary alicyclic amines) is 1. The molecule has 2 rings (SSSR count). The molecule has 25 heavy (non-hydrogen) atoms. The highest BCUT2D eigenvalue weighted by Gasteiger charge is 2.25. The van der Waals surface area contributed by atoms with Gasteiger partial charge in [0.05, 0.1) is 6.54 Å². The SMILES string of the molecule is CCNC(=NCC(O)c1ccccc1Cl)NC1CCN(C(=O)CC)C1. The smallest absolute Gasteiger partial charge is 0.222 e. The van der Waals surface area contributed by atoms with E-state index in [0.29, 0.717) is 29.5 Å². The number of carbonyl (C=O) groups is 1. The summed E-state index contributed by atoms with van der Waals surface area (Å²) in [6, 6.07) is 7.40. The van der Waals surface area contributed by atoms with Gasteiger partial charge in [0.1, 0.15) is 6.10 Å². The van der Waals surface area contributed by atoms with Crippen molar-refractivity contribution >= 4 is 23.5 Å². The van der Waals surface area contributed by atoms with Gasteiger partial charge >= 0.3 is 0 Å². The molecular formula is C18H27ClN4O2. The number of nitrogens with zero attached hydrogens (tertiary/aromatic N) is 2. The average molecular weight is 367 g/mol. The summed E-state index contributed by atoms with van der Waals surface area (Å²) >= 11 is 6.12. The highest BCUT2D eigenvalue weighted by atomic mass is 35.5. The second-order valence-electron chi connectivity index (χ2n) is 6.08. The Balaban J connectivity index is 1.95. The van der Waals surface area contributed by atoms with Crippen LogP contribution in [-0.4, -0.2) is 54.1 Å². The van der Waals surface area contributed by atoms with Crippen LogP contribution in [0.5, 0.6) is 0 Å². The predicted molar refractivity (Wildman–Crippen MR) is 101 cm³/mol. The topological polar surface area (TPSA) is 77.0 Å². The molecule has 1 aromatic rings. The van der Waals surface area contributed by atoms with Crippen molar-refractivity contribution < 1.29 is 9.90 Å². The van der Waals surface area contributed by atoms with Gasteiger partial charge in [0.25, 0.3) is 0 Å². The van der Waals surface area contributed by atoms with Crippen LogP contribution in [0.4, 0.5) is 0 Å². The molecular weight excluding hydrogens is 340 g/mol. The Bertz CT molecular complexity index is 608. The Morgan fingerprint density at radius 3 is 2.88 bits per heavy atom. The van der Waals surface area contributed by atoms with Gasteiger partial charge in [-0.3, -0.25) is 9.79 Å². The number of hydrogen-bond donors (Lipinski definition) is 3. The summed E-state index contributed by atoms with van der Waals surface area (Å²) in [6.45, 7) is 6.26. The van der Waals surface area contributed by atoms with Crippen LogP contribution in [0.15, 0.2) is 29.3 Å². The van der Waals surface area contributed by atoms with E-state index < -0.39 is 6.10 Å². The fraction of sp³-hybridized carbons (Fsp3) is 0.556. The van der Waals surface area contributed by atoms with Crippen LogP contribution in [0.2, 0.25) is 5.02 Å². The number of aliphatic hydroxyl groups is 1. The number of rotatable bonds is 6. The van der Waals surface area contributed by atoms with E-state index >= 15 is 0 Å². The molecule has 2 atom stereocenters. The van der Waals surface area contributed by atoms with Gasteiger partial charge in [-0.2, -0.15) is 0 Å². The van der Waals surface area contributed by atoms with E-state index in [9.17, 15) is 9.90 Å². The summed E-state index contributed by atoms with van der Waals surface area (Å²) in [5, 5.41) is 17.4. The number of nitrogens with one attached hydrogen (secondary N) is 2. The molecule has 6 nitrogen and oxygen atoms in total. The summed E-state index contributed by atoms with van der Waals surface area (Å²) in [4.78, 5) is 18.1. The first-order chi connectivity index (χ1) is 12.0. The summed E-state index contributed by atoms with van der Waals surface area (Å²) in [7, 11) is 0. The molecule has 3 N–H and O–H groups in total. The number of aliphatic hydroxyl groups excluding tert-OH is 1. The molecule has 1 fully saturated rings. The number of aliphatic imine (C=N–C) groups is 1. The van der Waals surface area contributed by atoms with Crippen molar-refractivity contribution in [3.8, 4) is 0 Å². The normalized spacial score (nSPS) is 19.0. The molecule has 0 radical (unpaired) electrons. The van der Waals surface area contributed by atoms with Gasteiger partial charge in [-0.25, -0.2) is 0 Å². The van der Waals surface area contributed by atoms with Crippen molar-refractivity contribution in [1.29, 1.82) is 0 Å². The first-order valence-electron chi connectivity index (χ1n) is 8.80. The lowest BCUT2D eigenvalue weighted by Gasteiger charge is -2.19. The zero-order valence-electron chi connectivity index (χ0n) is 14.8. The first-order valence-corrected chi connectivity index (χ1v) is 9.18. The average Bonchev–Trinajstić information content (AvgIpc) is 3.08. The third-order valence-electron chi connectivity index (χ3n) is 4.22. The van der Waals surface area contributed by atoms with E-state index in [2.05, 4.69) is 15.6 Å². The molecule has 1 saturated heterocycles. The largest absolute Gasteiger partial charge is 0.386 e. The fourth-order valence-corrected chi connectivity index (χ4v) is 3.12. The molecule has 138 valence electrons. The molecule has 1 aliphatic heterocycles. The van der Waals surface area contributed by atoms with Crippen molar-refractivity contribution in [2.75, 3.05) is 26.2 Å². The van der Waals surface area contributed by atoms with Gasteiger partial charge in [0.2, 0.25) is 5.91 Å². The summed E-state index contributed by atoms with van der Waals surface area (Å²) in [5.74, 6) is 0.824. The second kappa shape index (κ2) is 9.63. The van der Waals surface area contributed by atoms with Gasteiger partial charge < -0.3 is 20.6 Å². The van der Waals surface area contributed by atoms with Crippen LogP contribution in [0.25, 0.3) is 0 Å². The zero-order valence-corrected chi connectivity index (χ0v) is 15.6. The monoisotopic (exact) mass is 366 g/mol. The molecule has 0 aromatic heterocycles. The van der Waals surface area contributed by atoms with Gasteiger partial charge in [0, 0.05) is 42.7 Å². The number of carbonyl (C=O) groups excluding carboxylic acids is 1. The van der Waals surface area contributed by atoms with Gasteiger partial charge in [0.15, 0.2) is 5.96 Å². The van der Waals surface area contributed by atoms with E-state index in [1.165, 1.54) is 0 Å². The highest BCUT2D eigenvalue weighted by Crippen LogP contribution is 2.22. The molecule has 0 aliphatic carbocycles. The molecule has 1 amide bonds. The predicted octanol–water partition coefficient (Wildman–Crippen LogP) is 1.94. The minimum absolute atomic E-state index is 0.172. The van der Waals surface area contributed by atoms with E-state index in [0.717, 1.165) is 19.5 Å². The quantitative estimate of drug-likeness (QED) is 0.531. The number of benzene rings is 1. The van der Waals surface area contributed by atoms with Crippen molar-refractivity contribution in [2.24, 2.45) is 4.99 Å². The maximum atomic E-state index is 11.8. The molecule has 2 unspecified atom stereocenters. The minimum atomic E-state index is -0.758. The number of hydrogen-bond acceptors (Lipinski definition) is 3. The Hall–Kier alpha value is -1.79. The van der Waals surface area contributed by atoms with Gasteiger partial charge in [-0.15, -0.1) is 0 Å². The van der Waals surface area contributed by atoms with Crippen molar-refractivity contribution in [3.05, 3.63) is 34.9 Å². The molecule has 0 spiro atoms. The standard InChI is InChI=1S/C18H27ClN4O2/c1-3-17(25)23-10-9-13(12-23)22-18(20-4-2)21-11-16(24)14-7-5-6-8-15(14)19/h5-8,13,16,24H,3-4,9-12H2,1-2H3,(H2,20,21,22). The van der Waals surface area contributed by atoms with Gasteiger partial charge in [-0.1, -0.05) is 36.7 Å². The fourth-order valence-electron chi connectivity index (χ4n) is 2.86. The second-order valence-corrected chi connectivity index (χ2v) is 6.49. The third-order valence-corrected chi connectivity index (χ3v) is 4.56. The van der Waals surface area contributed by atoms with Crippen molar-refractivity contribution in [3.63, 3.8) is 0 Å². The van der Waals surface area contributed by atoms with Gasteiger partial charge in [-0.05, 0) is 19.4 Å². The molecule has 1 aromatic carbocycles. The van der Waals surface area contributed by atoms with Crippen LogP contribution in [-0.2, 0) is 4.79 Å². The van der Waals surface area contributed by atoms with Crippen LogP contribution in [0, 0.1) is 0 Å². The van der Waals surface area contributed by atoms with E-state index in [1.807, 2.05) is 30.9 Å². The Kier molecular flexibility index (Phi) is 7.52.